The van der Waals surface area contributed by atoms with Crippen LogP contribution in [-0.4, -0.2) is 6.61 Å². The standard InChI is InChI=1S/C8H9Cl2NO/c1-2-12-6-4-3-5(11)7(9)8(6)10/h3-4H,2,11H2,1H3. The number of rotatable bonds is 2. The van der Waals surface area contributed by atoms with E-state index in [0.29, 0.717) is 28.1 Å². The number of ether oxygens (including phenoxy) is 1. The van der Waals surface area contributed by atoms with Crippen molar-refractivity contribution in [2.45, 2.75) is 6.92 Å². The van der Waals surface area contributed by atoms with Gasteiger partial charge in [-0.05, 0) is 19.1 Å². The summed E-state index contributed by atoms with van der Waals surface area (Å²) in [6.07, 6.45) is 0. The minimum absolute atomic E-state index is 0.350. The van der Waals surface area contributed by atoms with Gasteiger partial charge in [0.05, 0.1) is 17.3 Å². The van der Waals surface area contributed by atoms with Crippen LogP contribution in [0.5, 0.6) is 5.75 Å². The Labute approximate surface area is 81.2 Å². The molecule has 12 heavy (non-hydrogen) atoms. The minimum atomic E-state index is 0.350. The molecule has 1 aromatic carbocycles. The molecule has 1 aromatic rings. The van der Waals surface area contributed by atoms with E-state index in [1.807, 2.05) is 6.92 Å². The van der Waals surface area contributed by atoms with Crippen molar-refractivity contribution in [2.24, 2.45) is 0 Å². The Hall–Kier alpha value is -0.600. The van der Waals surface area contributed by atoms with Gasteiger partial charge in [-0.1, -0.05) is 23.2 Å². The average molecular weight is 206 g/mol. The summed E-state index contributed by atoms with van der Waals surface area (Å²) in [5.74, 6) is 0.568. The first kappa shape index (κ1) is 9.49. The first-order chi connectivity index (χ1) is 5.66. The largest absolute Gasteiger partial charge is 0.492 e. The molecule has 0 saturated carbocycles. The number of halogens is 2. The highest BCUT2D eigenvalue weighted by molar-refractivity contribution is 6.44. The lowest BCUT2D eigenvalue weighted by Gasteiger charge is -2.07. The monoisotopic (exact) mass is 205 g/mol. The number of hydrogen-bond donors (Lipinski definition) is 1. The summed E-state index contributed by atoms with van der Waals surface area (Å²) in [7, 11) is 0. The van der Waals surface area contributed by atoms with Crippen molar-refractivity contribution >= 4 is 28.9 Å². The van der Waals surface area contributed by atoms with E-state index in [2.05, 4.69) is 0 Å². The van der Waals surface area contributed by atoms with Crippen LogP contribution in [0.15, 0.2) is 12.1 Å². The fraction of sp³-hybridized carbons (Fsp3) is 0.250. The smallest absolute Gasteiger partial charge is 0.139 e. The second kappa shape index (κ2) is 3.87. The molecular formula is C8H9Cl2NO. The molecule has 0 aliphatic rings. The van der Waals surface area contributed by atoms with Gasteiger partial charge in [0.2, 0.25) is 0 Å². The number of nitrogens with two attached hydrogens (primary N) is 1. The van der Waals surface area contributed by atoms with Gasteiger partial charge < -0.3 is 10.5 Å². The molecule has 0 fully saturated rings. The van der Waals surface area contributed by atoms with Crippen LogP contribution in [0.25, 0.3) is 0 Å². The highest BCUT2D eigenvalue weighted by Gasteiger charge is 2.07. The van der Waals surface area contributed by atoms with E-state index in [4.69, 9.17) is 33.7 Å². The third-order valence-electron chi connectivity index (χ3n) is 1.38. The number of hydrogen-bond acceptors (Lipinski definition) is 2. The summed E-state index contributed by atoms with van der Waals surface area (Å²) in [5.41, 5.74) is 5.98. The SMILES string of the molecule is CCOc1ccc(N)c(Cl)c1Cl. The molecule has 1 rings (SSSR count). The predicted molar refractivity (Wildman–Crippen MR) is 52.0 cm³/mol. The second-order valence-electron chi connectivity index (χ2n) is 2.21. The van der Waals surface area contributed by atoms with Crippen LogP contribution >= 0.6 is 23.2 Å². The molecule has 66 valence electrons. The maximum Gasteiger partial charge on any atom is 0.139 e. The summed E-state index contributed by atoms with van der Waals surface area (Å²) in [6, 6.07) is 3.37. The average Bonchev–Trinajstić information content (AvgIpc) is 2.07. The zero-order chi connectivity index (χ0) is 9.14. The lowest BCUT2D eigenvalue weighted by molar-refractivity contribution is 0.340. The van der Waals surface area contributed by atoms with Gasteiger partial charge in [-0.3, -0.25) is 0 Å². The molecule has 0 atom stereocenters. The molecule has 0 aromatic heterocycles. The van der Waals surface area contributed by atoms with Crippen LogP contribution < -0.4 is 10.5 Å². The van der Waals surface area contributed by atoms with E-state index >= 15 is 0 Å². The van der Waals surface area contributed by atoms with Gasteiger partial charge in [0.1, 0.15) is 10.8 Å². The van der Waals surface area contributed by atoms with Crippen LogP contribution in [-0.2, 0) is 0 Å². The maximum absolute atomic E-state index is 5.84. The molecule has 0 saturated heterocycles. The number of benzene rings is 1. The summed E-state index contributed by atoms with van der Waals surface area (Å²) >= 11 is 11.6. The fourth-order valence-corrected chi connectivity index (χ4v) is 1.20. The first-order valence-corrected chi connectivity index (χ1v) is 4.28. The molecule has 0 aliphatic carbocycles. The van der Waals surface area contributed by atoms with Gasteiger partial charge in [0.25, 0.3) is 0 Å². The number of anilines is 1. The molecule has 0 bridgehead atoms. The van der Waals surface area contributed by atoms with E-state index in [0.717, 1.165) is 0 Å². The topological polar surface area (TPSA) is 35.2 Å². The van der Waals surface area contributed by atoms with Gasteiger partial charge in [0, 0.05) is 0 Å². The first-order valence-electron chi connectivity index (χ1n) is 3.53. The Morgan fingerprint density at radius 3 is 2.58 bits per heavy atom. The van der Waals surface area contributed by atoms with Crippen molar-refractivity contribution in [1.29, 1.82) is 0 Å². The number of nitrogen functional groups attached to an aromatic ring is 1. The third-order valence-corrected chi connectivity index (χ3v) is 2.26. The molecule has 4 heteroatoms. The molecule has 2 nitrogen and oxygen atoms in total. The van der Waals surface area contributed by atoms with Crippen molar-refractivity contribution in [2.75, 3.05) is 12.3 Å². The van der Waals surface area contributed by atoms with Crippen molar-refractivity contribution in [1.82, 2.24) is 0 Å². The van der Waals surface area contributed by atoms with E-state index < -0.39 is 0 Å². The quantitative estimate of drug-likeness (QED) is 0.755. The highest BCUT2D eigenvalue weighted by Crippen LogP contribution is 2.35. The van der Waals surface area contributed by atoms with E-state index in [-0.39, 0.29) is 0 Å². The van der Waals surface area contributed by atoms with Crippen molar-refractivity contribution in [3.05, 3.63) is 22.2 Å². The summed E-state index contributed by atoms with van der Waals surface area (Å²) in [5, 5.41) is 0.723. The zero-order valence-corrected chi connectivity index (χ0v) is 8.12. The van der Waals surface area contributed by atoms with Crippen LogP contribution in [0.1, 0.15) is 6.92 Å². The summed E-state index contributed by atoms with van der Waals surface area (Å²) in [6.45, 7) is 2.43. The molecule has 0 amide bonds. The Kier molecular flexibility index (Phi) is 3.06. The van der Waals surface area contributed by atoms with Crippen LogP contribution in [0, 0.1) is 0 Å². The molecule has 0 spiro atoms. The van der Waals surface area contributed by atoms with E-state index in [1.165, 1.54) is 0 Å². The van der Waals surface area contributed by atoms with Gasteiger partial charge in [-0.25, -0.2) is 0 Å². The van der Waals surface area contributed by atoms with Crippen molar-refractivity contribution in [3.63, 3.8) is 0 Å². The zero-order valence-electron chi connectivity index (χ0n) is 6.60. The van der Waals surface area contributed by atoms with Crippen LogP contribution in [0.4, 0.5) is 5.69 Å². The fourth-order valence-electron chi connectivity index (χ4n) is 0.814. The Bertz CT molecular complexity index is 289. The lowest BCUT2D eigenvalue weighted by Crippen LogP contribution is -1.94. The molecule has 0 radical (unpaired) electrons. The molecule has 0 aliphatic heterocycles. The lowest BCUT2D eigenvalue weighted by atomic mass is 10.3. The molecule has 0 unspecified atom stereocenters. The van der Waals surface area contributed by atoms with Crippen LogP contribution in [0.3, 0.4) is 0 Å². The summed E-state index contributed by atoms with van der Waals surface area (Å²) in [4.78, 5) is 0. The van der Waals surface area contributed by atoms with Gasteiger partial charge in [-0.15, -0.1) is 0 Å². The highest BCUT2D eigenvalue weighted by atomic mass is 35.5. The van der Waals surface area contributed by atoms with Gasteiger partial charge in [-0.2, -0.15) is 0 Å². The molecule has 0 heterocycles. The second-order valence-corrected chi connectivity index (χ2v) is 2.97. The van der Waals surface area contributed by atoms with Gasteiger partial charge >= 0.3 is 0 Å². The third kappa shape index (κ3) is 1.76. The maximum atomic E-state index is 5.84. The Morgan fingerprint density at radius 1 is 1.33 bits per heavy atom. The van der Waals surface area contributed by atoms with Crippen LogP contribution in [0.2, 0.25) is 10.0 Å². The van der Waals surface area contributed by atoms with E-state index in [9.17, 15) is 0 Å². The van der Waals surface area contributed by atoms with E-state index in [1.54, 1.807) is 12.1 Å². The normalized spacial score (nSPS) is 9.92. The predicted octanol–water partition coefficient (Wildman–Crippen LogP) is 2.97. The molecular weight excluding hydrogens is 197 g/mol. The Morgan fingerprint density at radius 2 is 2.00 bits per heavy atom. The summed E-state index contributed by atoms with van der Waals surface area (Å²) < 4.78 is 5.20. The Balaban J connectivity index is 3.08. The van der Waals surface area contributed by atoms with Crippen molar-refractivity contribution in [3.8, 4) is 5.75 Å². The van der Waals surface area contributed by atoms with Gasteiger partial charge in [0.15, 0.2) is 0 Å². The molecule has 2 N–H and O–H groups in total. The van der Waals surface area contributed by atoms with Crippen molar-refractivity contribution < 1.29 is 4.74 Å². The minimum Gasteiger partial charge on any atom is -0.492 e.